The summed E-state index contributed by atoms with van der Waals surface area (Å²) in [6.45, 7) is 0. The highest BCUT2D eigenvalue weighted by Crippen LogP contribution is 2.45. The van der Waals surface area contributed by atoms with Gasteiger partial charge in [-0.1, -0.05) is 60.7 Å². The first-order chi connectivity index (χ1) is 15.0. The van der Waals surface area contributed by atoms with Gasteiger partial charge in [-0.3, -0.25) is 14.5 Å². The summed E-state index contributed by atoms with van der Waals surface area (Å²) in [5, 5.41) is 0. The van der Waals surface area contributed by atoms with E-state index in [4.69, 9.17) is 9.47 Å². The highest BCUT2D eigenvalue weighted by atomic mass is 19.4. The molecule has 0 amide bonds. The molecule has 13 heteroatoms. The zero-order valence-electron chi connectivity index (χ0n) is 15.7. The van der Waals surface area contributed by atoms with Gasteiger partial charge in [0.25, 0.3) is 12.6 Å². The fraction of sp³-hybridized carbons (Fsp3) is 0.316. The first-order valence-corrected chi connectivity index (χ1v) is 9.00. The van der Waals surface area contributed by atoms with Gasteiger partial charge < -0.3 is 9.47 Å². The number of benzene rings is 2. The Bertz CT molecular complexity index is 896. The normalized spacial score (nSPS) is 31.1. The van der Waals surface area contributed by atoms with Crippen LogP contribution < -0.4 is 11.0 Å². The number of hydrogen-bond acceptors (Lipinski definition) is 7. The third-order valence-corrected chi connectivity index (χ3v) is 4.72. The predicted octanol–water partition coefficient (Wildman–Crippen LogP) is 3.14. The number of rotatable bonds is 4. The molecule has 4 atom stereocenters. The summed E-state index contributed by atoms with van der Waals surface area (Å²) >= 11 is 0. The lowest BCUT2D eigenvalue weighted by atomic mass is 9.87. The molecule has 2 saturated heterocycles. The van der Waals surface area contributed by atoms with Crippen molar-refractivity contribution in [3.8, 4) is 0 Å². The minimum absolute atomic E-state index is 0.173. The largest absolute Gasteiger partial charge is 0.441 e. The molecule has 7 nitrogen and oxygen atoms in total. The SMILES string of the molecule is O=C(C1(c2ccccc2)NOC(C(F)(F)F)O1)C1(c2ccccc2)NOC(C(F)(F)F)O1. The van der Waals surface area contributed by atoms with Crippen LogP contribution in [-0.4, -0.2) is 30.7 Å². The molecule has 172 valence electrons. The molecule has 2 N–H and O–H groups in total. The Morgan fingerprint density at radius 3 is 1.31 bits per heavy atom. The molecule has 0 saturated carbocycles. The Morgan fingerprint density at radius 2 is 1.03 bits per heavy atom. The van der Waals surface area contributed by atoms with E-state index in [0.717, 1.165) is 0 Å². The highest BCUT2D eigenvalue weighted by molar-refractivity contribution is 5.96. The van der Waals surface area contributed by atoms with Crippen LogP contribution in [0.1, 0.15) is 11.1 Å². The lowest BCUT2D eigenvalue weighted by Gasteiger charge is -2.35. The maximum absolute atomic E-state index is 13.8. The van der Waals surface area contributed by atoms with Gasteiger partial charge in [0, 0.05) is 11.1 Å². The van der Waals surface area contributed by atoms with Gasteiger partial charge in [0.1, 0.15) is 0 Å². The lowest BCUT2D eigenvalue weighted by Crippen LogP contribution is -2.59. The van der Waals surface area contributed by atoms with Crippen molar-refractivity contribution in [1.29, 1.82) is 0 Å². The summed E-state index contributed by atoms with van der Waals surface area (Å²) in [6.07, 6.45) is -15.9. The molecule has 2 aromatic carbocycles. The second-order valence-electron chi connectivity index (χ2n) is 6.85. The molecule has 0 bridgehead atoms. The molecule has 0 aromatic heterocycles. The number of carbonyl (C=O) groups is 1. The first-order valence-electron chi connectivity index (χ1n) is 9.00. The van der Waals surface area contributed by atoms with Gasteiger partial charge in [-0.2, -0.15) is 37.3 Å². The van der Waals surface area contributed by atoms with Crippen LogP contribution in [0.5, 0.6) is 0 Å². The molecular weight excluding hydrogens is 450 g/mol. The zero-order chi connectivity index (χ0) is 23.2. The summed E-state index contributed by atoms with van der Waals surface area (Å²) in [5.41, 5.74) is -1.91. The first kappa shape index (κ1) is 22.6. The van der Waals surface area contributed by atoms with Gasteiger partial charge in [0.2, 0.25) is 17.2 Å². The Balaban J connectivity index is 1.84. The van der Waals surface area contributed by atoms with Crippen molar-refractivity contribution in [2.75, 3.05) is 0 Å². The third-order valence-electron chi connectivity index (χ3n) is 4.72. The maximum atomic E-state index is 13.8. The quantitative estimate of drug-likeness (QED) is 0.674. The summed E-state index contributed by atoms with van der Waals surface area (Å²) in [4.78, 5) is 22.7. The van der Waals surface area contributed by atoms with E-state index in [0.29, 0.717) is 0 Å². The van der Waals surface area contributed by atoms with Crippen molar-refractivity contribution < 1.29 is 50.3 Å². The van der Waals surface area contributed by atoms with Gasteiger partial charge in [0.15, 0.2) is 0 Å². The van der Waals surface area contributed by atoms with E-state index >= 15 is 0 Å². The van der Waals surface area contributed by atoms with Crippen LogP contribution in [0.4, 0.5) is 26.3 Å². The summed E-state index contributed by atoms with van der Waals surface area (Å²) in [7, 11) is 0. The molecular formula is C19H14F6N2O5. The van der Waals surface area contributed by atoms with Gasteiger partial charge in [-0.05, 0) is 0 Å². The topological polar surface area (TPSA) is 78.1 Å². The third kappa shape index (κ3) is 3.76. The number of hydroxylamine groups is 2. The smallest absolute Gasteiger partial charge is 0.308 e. The van der Waals surface area contributed by atoms with E-state index < -0.39 is 42.2 Å². The standard InChI is InChI=1S/C19H14F6N2O5/c20-18(21,22)14-29-16(26-31-14,11-7-3-1-4-8-11)13(28)17(12-9-5-2-6-10-12)27-32-15(30-17)19(23,24)25/h1-10,14-15,26-27H. The van der Waals surface area contributed by atoms with E-state index in [9.17, 15) is 31.1 Å². The average molecular weight is 464 g/mol. The fourth-order valence-corrected chi connectivity index (χ4v) is 3.27. The Morgan fingerprint density at radius 1 is 0.688 bits per heavy atom. The summed E-state index contributed by atoms with van der Waals surface area (Å²) in [5.74, 6) is -1.42. The van der Waals surface area contributed by atoms with E-state index in [1.54, 1.807) is 0 Å². The van der Waals surface area contributed by atoms with E-state index in [1.807, 2.05) is 11.0 Å². The van der Waals surface area contributed by atoms with E-state index in [2.05, 4.69) is 9.68 Å². The Hall–Kier alpha value is -2.55. The molecule has 2 aromatic rings. The molecule has 4 rings (SSSR count). The second kappa shape index (κ2) is 7.79. The van der Waals surface area contributed by atoms with Crippen LogP contribution in [0.15, 0.2) is 60.7 Å². The average Bonchev–Trinajstić information content (AvgIpc) is 3.41. The highest BCUT2D eigenvalue weighted by Gasteiger charge is 2.67. The molecule has 2 heterocycles. The monoisotopic (exact) mass is 464 g/mol. The Kier molecular flexibility index (Phi) is 5.51. The minimum atomic E-state index is -5.06. The van der Waals surface area contributed by atoms with Crippen LogP contribution in [0.25, 0.3) is 0 Å². The maximum Gasteiger partial charge on any atom is 0.441 e. The van der Waals surface area contributed by atoms with Gasteiger partial charge >= 0.3 is 12.4 Å². The molecule has 2 aliphatic heterocycles. The lowest BCUT2D eigenvalue weighted by molar-refractivity contribution is -0.291. The fourth-order valence-electron chi connectivity index (χ4n) is 3.27. The predicted molar refractivity (Wildman–Crippen MR) is 91.5 cm³/mol. The van der Waals surface area contributed by atoms with Crippen molar-refractivity contribution in [2.24, 2.45) is 0 Å². The van der Waals surface area contributed by atoms with Crippen molar-refractivity contribution >= 4 is 5.78 Å². The van der Waals surface area contributed by atoms with Gasteiger partial charge in [-0.15, -0.1) is 0 Å². The molecule has 0 spiro atoms. The van der Waals surface area contributed by atoms with Crippen LogP contribution >= 0.6 is 0 Å². The Labute approximate surface area is 176 Å². The van der Waals surface area contributed by atoms with E-state index in [1.165, 1.54) is 60.7 Å². The minimum Gasteiger partial charge on any atom is -0.308 e. The van der Waals surface area contributed by atoms with E-state index in [-0.39, 0.29) is 11.1 Å². The van der Waals surface area contributed by atoms with Crippen LogP contribution in [-0.2, 0) is 35.4 Å². The number of nitrogens with one attached hydrogen (secondary N) is 2. The summed E-state index contributed by atoms with van der Waals surface area (Å²) in [6, 6.07) is 13.6. The van der Waals surface area contributed by atoms with Crippen molar-refractivity contribution in [3.63, 3.8) is 0 Å². The van der Waals surface area contributed by atoms with Crippen LogP contribution in [0.3, 0.4) is 0 Å². The number of halogens is 6. The number of hydrogen-bond donors (Lipinski definition) is 2. The molecule has 32 heavy (non-hydrogen) atoms. The number of alkyl halides is 6. The molecule has 4 unspecified atom stereocenters. The van der Waals surface area contributed by atoms with Gasteiger partial charge in [-0.25, -0.2) is 0 Å². The number of Topliss-reactive ketones (excluding diaryl/α,β-unsaturated/α-hetero) is 1. The van der Waals surface area contributed by atoms with Crippen LogP contribution in [0, 0.1) is 0 Å². The van der Waals surface area contributed by atoms with Gasteiger partial charge in [0.05, 0.1) is 0 Å². The van der Waals surface area contributed by atoms with Crippen LogP contribution in [0.2, 0.25) is 0 Å². The number of ether oxygens (including phenoxy) is 2. The molecule has 2 aliphatic rings. The van der Waals surface area contributed by atoms with Crippen molar-refractivity contribution in [2.45, 2.75) is 36.4 Å². The molecule has 0 aliphatic carbocycles. The zero-order valence-corrected chi connectivity index (χ0v) is 15.7. The molecule has 2 fully saturated rings. The van der Waals surface area contributed by atoms with Crippen molar-refractivity contribution in [1.82, 2.24) is 11.0 Å². The summed E-state index contributed by atoms with van der Waals surface area (Å²) < 4.78 is 89.6. The second-order valence-corrected chi connectivity index (χ2v) is 6.85. The number of ketones is 1. The number of carbonyl (C=O) groups excluding carboxylic acids is 1. The van der Waals surface area contributed by atoms with Crippen molar-refractivity contribution in [3.05, 3.63) is 71.8 Å². The molecule has 0 radical (unpaired) electrons.